The van der Waals surface area contributed by atoms with Crippen LogP contribution in [0.4, 0.5) is 0 Å². The van der Waals surface area contributed by atoms with E-state index in [1.807, 2.05) is 48.6 Å². The first-order valence-electron chi connectivity index (χ1n) is 8.65. The summed E-state index contributed by atoms with van der Waals surface area (Å²) in [6.07, 6.45) is 10.8. The fraction of sp³-hybridized carbons (Fsp3) is 0.450. The van der Waals surface area contributed by atoms with Crippen molar-refractivity contribution in [2.24, 2.45) is 0 Å². The molecule has 0 saturated carbocycles. The molecule has 0 radical (unpaired) electrons. The third kappa shape index (κ3) is 4.63. The molecule has 1 saturated heterocycles. The zero-order valence-electron chi connectivity index (χ0n) is 13.6. The van der Waals surface area contributed by atoms with Crippen LogP contribution >= 0.6 is 0 Å². The zero-order chi connectivity index (χ0) is 15.9. The molecule has 0 aromatic heterocycles. The number of nitrogens with zero attached hydrogens (tertiary/aromatic N) is 1. The Labute approximate surface area is 138 Å². The molecule has 1 aliphatic carbocycles. The van der Waals surface area contributed by atoms with Gasteiger partial charge in [-0.15, -0.1) is 0 Å². The Morgan fingerprint density at radius 1 is 1.13 bits per heavy atom. The molecule has 2 aliphatic rings. The van der Waals surface area contributed by atoms with Crippen molar-refractivity contribution in [3.8, 4) is 0 Å². The van der Waals surface area contributed by atoms with Gasteiger partial charge in [0.25, 0.3) is 0 Å². The van der Waals surface area contributed by atoms with Gasteiger partial charge in [-0.05, 0) is 32.4 Å². The number of ether oxygens (including phenoxy) is 1. The molecule has 3 nitrogen and oxygen atoms in total. The quantitative estimate of drug-likeness (QED) is 0.751. The third-order valence-electron chi connectivity index (χ3n) is 4.55. The zero-order valence-corrected chi connectivity index (χ0v) is 13.6. The average Bonchev–Trinajstić information content (AvgIpc) is 2.63. The summed E-state index contributed by atoms with van der Waals surface area (Å²) in [5.41, 5.74) is 1.51. The summed E-state index contributed by atoms with van der Waals surface area (Å²) in [5.74, 6) is 0.0913. The first-order valence-corrected chi connectivity index (χ1v) is 8.65. The van der Waals surface area contributed by atoms with Crippen LogP contribution in [0.25, 0.3) is 0 Å². The predicted molar refractivity (Wildman–Crippen MR) is 92.6 cm³/mol. The monoisotopic (exact) mass is 311 g/mol. The molecule has 0 amide bonds. The van der Waals surface area contributed by atoms with Gasteiger partial charge in [-0.2, -0.15) is 0 Å². The molecule has 1 atom stereocenters. The molecule has 0 spiro atoms. The number of hydrogen-bond donors (Lipinski definition) is 0. The molecule has 1 aliphatic heterocycles. The highest BCUT2D eigenvalue weighted by atomic mass is 16.5. The van der Waals surface area contributed by atoms with Crippen molar-refractivity contribution in [1.29, 1.82) is 0 Å². The van der Waals surface area contributed by atoms with Gasteiger partial charge in [0, 0.05) is 17.7 Å². The van der Waals surface area contributed by atoms with E-state index in [0.717, 1.165) is 30.7 Å². The van der Waals surface area contributed by atoms with Gasteiger partial charge in [0.2, 0.25) is 0 Å². The van der Waals surface area contributed by atoms with E-state index in [4.69, 9.17) is 4.74 Å². The average molecular weight is 311 g/mol. The smallest absolute Gasteiger partial charge is 0.192 e. The van der Waals surface area contributed by atoms with Crippen LogP contribution in [0.2, 0.25) is 0 Å². The number of carbonyl (C=O) groups excluding carboxylic acids is 1. The summed E-state index contributed by atoms with van der Waals surface area (Å²) in [5, 5.41) is 0. The standard InChI is InChI=1S/C20H25NO2/c22-20(17-7-3-1-4-8-17)18-9-11-19(12-10-18)23-16-15-21-13-5-2-6-14-21/h1,3-4,7-11,19H,2,5-6,12-16H2. The summed E-state index contributed by atoms with van der Waals surface area (Å²) >= 11 is 0. The summed E-state index contributed by atoms with van der Waals surface area (Å²) in [6, 6.07) is 9.43. The Morgan fingerprint density at radius 3 is 2.61 bits per heavy atom. The molecule has 23 heavy (non-hydrogen) atoms. The maximum atomic E-state index is 12.4. The van der Waals surface area contributed by atoms with E-state index < -0.39 is 0 Å². The van der Waals surface area contributed by atoms with Gasteiger partial charge >= 0.3 is 0 Å². The van der Waals surface area contributed by atoms with Gasteiger partial charge in [-0.3, -0.25) is 4.79 Å². The summed E-state index contributed by atoms with van der Waals surface area (Å²) in [6.45, 7) is 4.20. The molecule has 1 aromatic carbocycles. The van der Waals surface area contributed by atoms with E-state index in [2.05, 4.69) is 4.90 Å². The summed E-state index contributed by atoms with van der Waals surface area (Å²) in [4.78, 5) is 14.8. The Balaban J connectivity index is 1.43. The molecular formula is C20H25NO2. The highest BCUT2D eigenvalue weighted by Crippen LogP contribution is 2.18. The van der Waals surface area contributed by atoms with Gasteiger partial charge in [-0.25, -0.2) is 0 Å². The van der Waals surface area contributed by atoms with E-state index in [0.29, 0.717) is 0 Å². The van der Waals surface area contributed by atoms with Crippen molar-refractivity contribution in [3.63, 3.8) is 0 Å². The van der Waals surface area contributed by atoms with E-state index >= 15 is 0 Å². The van der Waals surface area contributed by atoms with Crippen LogP contribution in [0.15, 0.2) is 54.1 Å². The van der Waals surface area contributed by atoms with Crippen LogP contribution < -0.4 is 0 Å². The highest BCUT2D eigenvalue weighted by Gasteiger charge is 2.16. The van der Waals surface area contributed by atoms with Gasteiger partial charge in [0.1, 0.15) is 0 Å². The second-order valence-electron chi connectivity index (χ2n) is 6.26. The van der Waals surface area contributed by atoms with Crippen molar-refractivity contribution in [2.75, 3.05) is 26.2 Å². The Kier molecular flexibility index (Phi) is 5.78. The molecule has 1 aromatic rings. The predicted octanol–water partition coefficient (Wildman–Crippen LogP) is 3.63. The number of benzene rings is 1. The fourth-order valence-electron chi connectivity index (χ4n) is 3.17. The Bertz CT molecular complexity index is 571. The van der Waals surface area contributed by atoms with Crippen LogP contribution in [-0.4, -0.2) is 43.0 Å². The lowest BCUT2D eigenvalue weighted by Gasteiger charge is -2.27. The maximum absolute atomic E-state index is 12.4. The van der Waals surface area contributed by atoms with E-state index in [-0.39, 0.29) is 11.9 Å². The molecular weight excluding hydrogens is 286 g/mol. The molecule has 1 unspecified atom stereocenters. The highest BCUT2D eigenvalue weighted by molar-refractivity contribution is 6.10. The summed E-state index contributed by atoms with van der Waals surface area (Å²) < 4.78 is 5.94. The number of carbonyl (C=O) groups is 1. The third-order valence-corrected chi connectivity index (χ3v) is 4.55. The van der Waals surface area contributed by atoms with Gasteiger partial charge in [0.05, 0.1) is 12.7 Å². The van der Waals surface area contributed by atoms with E-state index in [9.17, 15) is 4.79 Å². The summed E-state index contributed by atoms with van der Waals surface area (Å²) in [7, 11) is 0. The van der Waals surface area contributed by atoms with Crippen molar-refractivity contribution < 1.29 is 9.53 Å². The first-order chi connectivity index (χ1) is 11.3. The number of ketones is 1. The van der Waals surface area contributed by atoms with E-state index in [1.165, 1.54) is 32.4 Å². The van der Waals surface area contributed by atoms with Crippen molar-refractivity contribution in [1.82, 2.24) is 4.90 Å². The van der Waals surface area contributed by atoms with Crippen LogP contribution in [0, 0.1) is 0 Å². The minimum Gasteiger partial charge on any atom is -0.372 e. The topological polar surface area (TPSA) is 29.5 Å². The second-order valence-corrected chi connectivity index (χ2v) is 6.26. The van der Waals surface area contributed by atoms with Crippen LogP contribution in [0.5, 0.6) is 0 Å². The number of piperidine rings is 1. The Morgan fingerprint density at radius 2 is 1.91 bits per heavy atom. The molecule has 1 fully saturated rings. The first kappa shape index (κ1) is 16.2. The van der Waals surface area contributed by atoms with Crippen molar-refractivity contribution in [3.05, 3.63) is 59.7 Å². The fourth-order valence-corrected chi connectivity index (χ4v) is 3.17. The van der Waals surface area contributed by atoms with Gasteiger partial charge in [-0.1, -0.05) is 55.0 Å². The van der Waals surface area contributed by atoms with Crippen LogP contribution in [0.1, 0.15) is 36.0 Å². The number of hydrogen-bond acceptors (Lipinski definition) is 3. The van der Waals surface area contributed by atoms with Gasteiger partial charge < -0.3 is 9.64 Å². The van der Waals surface area contributed by atoms with Crippen LogP contribution in [0.3, 0.4) is 0 Å². The molecule has 0 N–H and O–H groups in total. The lowest BCUT2D eigenvalue weighted by Crippen LogP contribution is -2.33. The number of rotatable bonds is 6. The van der Waals surface area contributed by atoms with E-state index in [1.54, 1.807) is 0 Å². The second kappa shape index (κ2) is 8.23. The normalized spacial score (nSPS) is 21.9. The largest absolute Gasteiger partial charge is 0.372 e. The Hall–Kier alpha value is -1.71. The maximum Gasteiger partial charge on any atom is 0.192 e. The van der Waals surface area contributed by atoms with Crippen molar-refractivity contribution in [2.45, 2.75) is 31.8 Å². The number of likely N-dealkylation sites (tertiary alicyclic amines) is 1. The van der Waals surface area contributed by atoms with Gasteiger partial charge in [0.15, 0.2) is 5.78 Å². The molecule has 1 heterocycles. The molecule has 122 valence electrons. The lowest BCUT2D eigenvalue weighted by atomic mass is 9.97. The molecule has 0 bridgehead atoms. The lowest BCUT2D eigenvalue weighted by molar-refractivity contribution is 0.0609. The minimum atomic E-state index is 0.0913. The SMILES string of the molecule is O=C(C1=CCC(OCCN2CCCCC2)C=C1)c1ccccc1. The number of Topliss-reactive ketones (excluding diaryl/α,β-unsaturated/α-hetero) is 1. The van der Waals surface area contributed by atoms with Crippen molar-refractivity contribution >= 4 is 5.78 Å². The molecule has 3 rings (SSSR count). The van der Waals surface area contributed by atoms with Crippen LogP contribution in [-0.2, 0) is 4.74 Å². The number of allylic oxidation sites excluding steroid dienone is 2. The molecule has 3 heteroatoms. The minimum absolute atomic E-state index is 0.0913.